The third kappa shape index (κ3) is 9.13. The van der Waals surface area contributed by atoms with Crippen LogP contribution in [0, 0.1) is 0 Å². The summed E-state index contributed by atoms with van der Waals surface area (Å²) < 4.78 is 8.25. The average Bonchev–Trinajstić information content (AvgIpc) is 1.00. The van der Waals surface area contributed by atoms with Gasteiger partial charge >= 0.3 is 118 Å². The van der Waals surface area contributed by atoms with Crippen LogP contribution in [0.15, 0.2) is 0 Å². The first-order chi connectivity index (χ1) is 1.00. The van der Waals surface area contributed by atoms with Crippen LogP contribution in [0.5, 0.6) is 0 Å². The molecule has 0 atom stereocenters. The van der Waals surface area contributed by atoms with Crippen molar-refractivity contribution in [1.82, 2.24) is 0 Å². The molecule has 0 saturated carbocycles. The van der Waals surface area contributed by atoms with Gasteiger partial charge in [0, 0.05) is 0 Å². The van der Waals surface area contributed by atoms with Crippen LogP contribution in [0.25, 0.3) is 0 Å². The molecule has 0 amide bonds. The minimum absolute atomic E-state index is 0. The normalized spacial score (nSPS) is 0.750. The number of rotatable bonds is 0. The van der Waals surface area contributed by atoms with Crippen molar-refractivity contribution in [2.45, 2.75) is 0 Å². The molecule has 0 aliphatic heterocycles. The first-order valence-corrected chi connectivity index (χ1v) is 0.842. The Morgan fingerprint density at radius 2 is 1.50 bits per heavy atom. The summed E-state index contributed by atoms with van der Waals surface area (Å²) in [6.45, 7) is 0. The van der Waals surface area contributed by atoms with Crippen LogP contribution in [-0.4, -0.2) is 94.4 Å². The average molecular weight is 293 g/mol. The van der Waals surface area contributed by atoms with E-state index >= 15 is 0 Å². The molecule has 0 N–H and O–H groups in total. The van der Waals surface area contributed by atoms with Crippen molar-refractivity contribution in [2.75, 3.05) is 0 Å². The minimum atomic E-state index is 0. The second kappa shape index (κ2) is 16.0. The topological polar surface area (TPSA) is 17.1 Å². The van der Waals surface area contributed by atoms with Gasteiger partial charge in [-0.2, -0.15) is 0 Å². The standard InChI is InChI=1S/Ba.O.Sr.Ti.4H/q+2;;+2;;4*-1. The Hall–Kier alpha value is 3.57. The molecule has 1 nitrogen and oxygen atoms in total. The van der Waals surface area contributed by atoms with Crippen molar-refractivity contribution in [3.8, 4) is 0 Å². The van der Waals surface area contributed by atoms with Gasteiger partial charge in [0.15, 0.2) is 0 Å². The molecule has 4 heteroatoms. The second-order valence-electron chi connectivity index (χ2n) is 0. The second-order valence-corrected chi connectivity index (χ2v) is 0. The molecule has 0 radical (unpaired) electrons. The first-order valence-electron chi connectivity index (χ1n) is 0.204. The monoisotopic (exact) mass is 294 g/mol. The Kier molecular flexibility index (Phi) is 62.6. The molecule has 18 valence electrons. The summed E-state index contributed by atoms with van der Waals surface area (Å²) in [7, 11) is 0. The maximum absolute atomic E-state index is 8.25. The molecule has 0 aromatic carbocycles. The third-order valence-corrected chi connectivity index (χ3v) is 0. The zero-order valence-electron chi connectivity index (χ0n) is 6.32. The van der Waals surface area contributed by atoms with Crippen LogP contribution in [-0.2, 0) is 23.7 Å². The molecule has 0 aliphatic carbocycles. The van der Waals surface area contributed by atoms with Gasteiger partial charge in [-0.3, -0.25) is 0 Å². The SMILES string of the molecule is [Ba+2].[H-].[H-].[H-].[H-].[O]=[Ti].[Sr+2]. The van der Waals surface area contributed by atoms with Crippen molar-refractivity contribution in [3.05, 3.63) is 0 Å². The molecule has 4 heavy (non-hydrogen) atoms. The van der Waals surface area contributed by atoms with E-state index in [4.69, 9.17) is 3.32 Å². The van der Waals surface area contributed by atoms with Crippen molar-refractivity contribution < 1.29 is 29.4 Å². The molecular weight excluding hydrogens is 289 g/mol. The van der Waals surface area contributed by atoms with E-state index in [0.29, 0.717) is 0 Å². The summed E-state index contributed by atoms with van der Waals surface area (Å²) in [6.07, 6.45) is 0. The quantitative estimate of drug-likeness (QED) is 0.554. The van der Waals surface area contributed by atoms with Gasteiger partial charge in [0.25, 0.3) is 0 Å². The molecule has 0 fully saturated rings. The molecule has 0 aromatic rings. The van der Waals surface area contributed by atoms with Crippen LogP contribution in [0.1, 0.15) is 5.71 Å². The van der Waals surface area contributed by atoms with E-state index in [-0.39, 0.29) is 100 Å². The van der Waals surface area contributed by atoms with E-state index < -0.39 is 0 Å². The molecule has 0 saturated heterocycles. The van der Waals surface area contributed by atoms with Crippen molar-refractivity contribution in [3.63, 3.8) is 0 Å². The molecule has 0 rings (SSSR count). The Bertz CT molecular complexity index is 16.0. The number of hydrogen-bond acceptors (Lipinski definition) is 1. The van der Waals surface area contributed by atoms with Gasteiger partial charge in [-0.25, -0.2) is 0 Å². The Morgan fingerprint density at radius 3 is 1.50 bits per heavy atom. The van der Waals surface area contributed by atoms with Gasteiger partial charge < -0.3 is 5.71 Å². The van der Waals surface area contributed by atoms with Crippen LogP contribution in [0.3, 0.4) is 0 Å². The van der Waals surface area contributed by atoms with Gasteiger partial charge in [0.2, 0.25) is 0 Å². The summed E-state index contributed by atoms with van der Waals surface area (Å²) in [5.41, 5.74) is 0. The zero-order valence-corrected chi connectivity index (χ0v) is 11.8. The predicted molar refractivity (Wildman–Crippen MR) is 16.6 cm³/mol. The van der Waals surface area contributed by atoms with Gasteiger partial charge in [-0.05, 0) is 0 Å². The molecular formula is H4BaOSrTi. The van der Waals surface area contributed by atoms with Gasteiger partial charge in [-0.1, -0.05) is 0 Å². The molecule has 0 unspecified atom stereocenters. The van der Waals surface area contributed by atoms with Gasteiger partial charge in [-0.15, -0.1) is 0 Å². The Morgan fingerprint density at radius 1 is 1.50 bits per heavy atom. The van der Waals surface area contributed by atoms with Crippen LogP contribution in [0.2, 0.25) is 0 Å². The molecule has 0 aromatic heterocycles. The summed E-state index contributed by atoms with van der Waals surface area (Å²) in [4.78, 5) is 0. The van der Waals surface area contributed by atoms with Crippen molar-refractivity contribution in [1.29, 1.82) is 0 Å². The zero-order chi connectivity index (χ0) is 2.00. The molecule has 0 spiro atoms. The van der Waals surface area contributed by atoms with E-state index in [9.17, 15) is 0 Å². The summed E-state index contributed by atoms with van der Waals surface area (Å²) in [5.74, 6) is 0. The maximum Gasteiger partial charge on any atom is 2.00 e. The fourth-order valence-corrected chi connectivity index (χ4v) is 0. The Balaban J connectivity index is -0.000000000333. The van der Waals surface area contributed by atoms with Crippen molar-refractivity contribution >= 4 is 94.4 Å². The van der Waals surface area contributed by atoms with Crippen LogP contribution >= 0.6 is 0 Å². The van der Waals surface area contributed by atoms with Crippen LogP contribution in [0.4, 0.5) is 0 Å². The van der Waals surface area contributed by atoms with E-state index in [1.165, 1.54) is 0 Å². The molecule has 0 bridgehead atoms. The summed E-state index contributed by atoms with van der Waals surface area (Å²) in [5, 5.41) is 0. The molecule has 0 heterocycles. The minimum Gasteiger partial charge on any atom is 2.00 e. The van der Waals surface area contributed by atoms with Gasteiger partial charge in [0.1, 0.15) is 0 Å². The summed E-state index contributed by atoms with van der Waals surface area (Å²) in [6, 6.07) is 0. The largest absolute Gasteiger partial charge is 2.00 e. The van der Waals surface area contributed by atoms with E-state index in [2.05, 4.69) is 0 Å². The van der Waals surface area contributed by atoms with Crippen molar-refractivity contribution in [2.24, 2.45) is 0 Å². The predicted octanol–water partition coefficient (Wildman–Crippen LogP) is -0.433. The van der Waals surface area contributed by atoms with E-state index in [1.807, 2.05) is 0 Å². The fraction of sp³-hybridized carbons (Fsp3) is 0. The summed E-state index contributed by atoms with van der Waals surface area (Å²) >= 11 is 0.750. The smallest absolute Gasteiger partial charge is 2.00 e. The number of hydrogen-bond donors (Lipinski definition) is 0. The Labute approximate surface area is 120 Å². The van der Waals surface area contributed by atoms with Crippen LogP contribution < -0.4 is 0 Å². The third-order valence-electron chi connectivity index (χ3n) is 0. The first kappa shape index (κ1) is 15.6. The van der Waals surface area contributed by atoms with E-state index in [1.54, 1.807) is 0 Å². The van der Waals surface area contributed by atoms with Gasteiger partial charge in [0.05, 0.1) is 0 Å². The van der Waals surface area contributed by atoms with E-state index in [0.717, 1.165) is 20.4 Å². The maximum atomic E-state index is 8.25. The molecule has 0 aliphatic rings. The fourth-order valence-electron chi connectivity index (χ4n) is 0.